The van der Waals surface area contributed by atoms with Gasteiger partial charge in [0, 0.05) is 24.3 Å². The van der Waals surface area contributed by atoms with Crippen molar-refractivity contribution in [2.45, 2.75) is 64.7 Å². The number of aliphatic hydroxyl groups excluding tert-OH is 2. The zero-order chi connectivity index (χ0) is 23.9. The Kier molecular flexibility index (Phi) is 6.66. The second kappa shape index (κ2) is 9.19. The molecule has 0 radical (unpaired) electrons. The molecule has 3 aliphatic rings. The number of Topliss-reactive ketones (excluding diaryl/α,β-unsaturated/α-hetero) is 1. The fourth-order valence-electron chi connectivity index (χ4n) is 6.65. The molecular weight excluding hydrogens is 414 g/mol. The molecule has 1 amide bonds. The van der Waals surface area contributed by atoms with Gasteiger partial charge in [-0.2, -0.15) is 0 Å². The highest BCUT2D eigenvalue weighted by Crippen LogP contribution is 2.57. The van der Waals surface area contributed by atoms with Gasteiger partial charge in [-0.25, -0.2) is 0 Å². The Morgan fingerprint density at radius 3 is 2.52 bits per heavy atom. The molecule has 5 heteroatoms. The number of carbonyl (C=O) groups excluding carboxylic acids is 2. The Morgan fingerprint density at radius 1 is 1.12 bits per heavy atom. The molecule has 1 unspecified atom stereocenters. The molecule has 3 N–H and O–H groups in total. The summed E-state index contributed by atoms with van der Waals surface area (Å²) in [5.74, 6) is -1.55. The molecule has 0 aromatic heterocycles. The lowest BCUT2D eigenvalue weighted by atomic mass is 9.51. The lowest BCUT2D eigenvalue weighted by Gasteiger charge is -2.49. The maximum Gasteiger partial charge on any atom is 0.235 e. The predicted molar refractivity (Wildman–Crippen MR) is 128 cm³/mol. The van der Waals surface area contributed by atoms with Crippen LogP contribution in [0.4, 0.5) is 0 Å². The molecule has 0 bridgehead atoms. The minimum absolute atomic E-state index is 0.0470. The van der Waals surface area contributed by atoms with E-state index in [9.17, 15) is 19.8 Å². The van der Waals surface area contributed by atoms with Gasteiger partial charge in [-0.3, -0.25) is 9.59 Å². The molecule has 178 valence electrons. The monoisotopic (exact) mass is 451 g/mol. The quantitative estimate of drug-likeness (QED) is 0.475. The van der Waals surface area contributed by atoms with Crippen molar-refractivity contribution in [2.24, 2.45) is 35.0 Å². The number of hydrogen-bond donors (Lipinski definition) is 3. The first-order valence-corrected chi connectivity index (χ1v) is 12.3. The molecule has 1 heterocycles. The largest absolute Gasteiger partial charge is 0.392 e. The third kappa shape index (κ3) is 4.00. The minimum atomic E-state index is -1.41. The molecule has 1 saturated heterocycles. The van der Waals surface area contributed by atoms with Crippen LogP contribution in [0.3, 0.4) is 0 Å². The van der Waals surface area contributed by atoms with E-state index in [1.165, 1.54) is 0 Å². The van der Waals surface area contributed by atoms with Gasteiger partial charge in [0.1, 0.15) is 5.41 Å². The van der Waals surface area contributed by atoms with E-state index < -0.39 is 23.5 Å². The van der Waals surface area contributed by atoms with Gasteiger partial charge in [-0.1, -0.05) is 69.8 Å². The Bertz CT molecular complexity index is 940. The molecule has 2 fully saturated rings. The highest BCUT2D eigenvalue weighted by Gasteiger charge is 2.68. The Balaban J connectivity index is 1.83. The molecule has 1 spiro atoms. The van der Waals surface area contributed by atoms with Crippen molar-refractivity contribution in [3.8, 4) is 0 Å². The van der Waals surface area contributed by atoms with Crippen LogP contribution in [0.25, 0.3) is 0 Å². The molecule has 1 aromatic rings. The number of allylic oxidation sites excluding steroid dienone is 1. The number of aliphatic hydroxyl groups is 2. The first-order chi connectivity index (χ1) is 15.7. The summed E-state index contributed by atoms with van der Waals surface area (Å²) in [5.41, 5.74) is 0.344. The molecule has 2 aliphatic carbocycles. The van der Waals surface area contributed by atoms with E-state index in [0.717, 1.165) is 18.4 Å². The molecule has 4 rings (SSSR count). The molecule has 33 heavy (non-hydrogen) atoms. The van der Waals surface area contributed by atoms with Crippen LogP contribution in [0.1, 0.15) is 45.6 Å². The second-order valence-corrected chi connectivity index (χ2v) is 10.7. The van der Waals surface area contributed by atoms with Crippen molar-refractivity contribution in [2.75, 3.05) is 0 Å². The number of benzene rings is 1. The summed E-state index contributed by atoms with van der Waals surface area (Å²) in [4.78, 5) is 27.8. The maximum absolute atomic E-state index is 14.0. The number of hydrogen-bond acceptors (Lipinski definition) is 4. The third-order valence-electron chi connectivity index (χ3n) is 8.49. The van der Waals surface area contributed by atoms with E-state index in [1.54, 1.807) is 0 Å². The average Bonchev–Trinajstić information content (AvgIpc) is 3.06. The van der Waals surface area contributed by atoms with Crippen LogP contribution >= 0.6 is 0 Å². The summed E-state index contributed by atoms with van der Waals surface area (Å²) in [5, 5.41) is 25.3. The smallest absolute Gasteiger partial charge is 0.235 e. The van der Waals surface area contributed by atoms with E-state index in [1.807, 2.05) is 56.3 Å². The molecule has 5 nitrogen and oxygen atoms in total. The van der Waals surface area contributed by atoms with Crippen LogP contribution in [0.15, 0.2) is 54.6 Å². The van der Waals surface area contributed by atoms with Crippen LogP contribution < -0.4 is 5.32 Å². The normalized spacial score (nSPS) is 42.6. The highest BCUT2D eigenvalue weighted by molar-refractivity contribution is 6.09. The summed E-state index contributed by atoms with van der Waals surface area (Å²) in [6.45, 7) is 10.3. The van der Waals surface area contributed by atoms with Gasteiger partial charge < -0.3 is 15.5 Å². The van der Waals surface area contributed by atoms with Crippen molar-refractivity contribution in [3.63, 3.8) is 0 Å². The minimum Gasteiger partial charge on any atom is -0.392 e. The molecule has 1 saturated carbocycles. The van der Waals surface area contributed by atoms with Gasteiger partial charge in [0.25, 0.3) is 0 Å². The number of amides is 1. The van der Waals surface area contributed by atoms with Gasteiger partial charge in [0.2, 0.25) is 5.91 Å². The Morgan fingerprint density at radius 2 is 1.82 bits per heavy atom. The van der Waals surface area contributed by atoms with E-state index in [0.29, 0.717) is 17.9 Å². The van der Waals surface area contributed by atoms with Crippen LogP contribution in [0.5, 0.6) is 0 Å². The Hall–Kier alpha value is -2.24. The lowest BCUT2D eigenvalue weighted by Crippen LogP contribution is -2.59. The molecular formula is C28H37NO4. The number of carbonyl (C=O) groups is 2. The third-order valence-corrected chi connectivity index (χ3v) is 8.49. The Labute approximate surface area is 197 Å². The van der Waals surface area contributed by atoms with E-state index in [4.69, 9.17) is 0 Å². The van der Waals surface area contributed by atoms with Crippen molar-refractivity contribution >= 4 is 11.7 Å². The van der Waals surface area contributed by atoms with Gasteiger partial charge in [0.05, 0.1) is 12.2 Å². The topological polar surface area (TPSA) is 86.6 Å². The van der Waals surface area contributed by atoms with Crippen LogP contribution in [-0.4, -0.2) is 40.2 Å². The SMILES string of the molecule is C=C1[C@@H](C)[C@H]2[C@H](Cc3ccccc3)NC(=O)[C@@]23C(=O)C[C@@H](O)[C@H](C)CC(C)C/C=C/[C@H]3[C@@H]1O. The summed E-state index contributed by atoms with van der Waals surface area (Å²) in [7, 11) is 0. The lowest BCUT2D eigenvalue weighted by molar-refractivity contribution is -0.153. The van der Waals surface area contributed by atoms with Gasteiger partial charge in [-0.15, -0.1) is 0 Å². The van der Waals surface area contributed by atoms with E-state index in [-0.39, 0.29) is 41.9 Å². The zero-order valence-corrected chi connectivity index (χ0v) is 19.9. The first-order valence-electron chi connectivity index (χ1n) is 12.3. The predicted octanol–water partition coefficient (Wildman–Crippen LogP) is 3.46. The van der Waals surface area contributed by atoms with Crippen molar-refractivity contribution < 1.29 is 19.8 Å². The first kappa shape index (κ1) is 23.9. The fourth-order valence-corrected chi connectivity index (χ4v) is 6.65. The average molecular weight is 452 g/mol. The van der Waals surface area contributed by atoms with Crippen LogP contribution in [0, 0.1) is 35.0 Å². The summed E-state index contributed by atoms with van der Waals surface area (Å²) < 4.78 is 0. The van der Waals surface area contributed by atoms with Crippen LogP contribution in [0.2, 0.25) is 0 Å². The van der Waals surface area contributed by atoms with Gasteiger partial charge >= 0.3 is 0 Å². The van der Waals surface area contributed by atoms with E-state index in [2.05, 4.69) is 18.8 Å². The summed E-state index contributed by atoms with van der Waals surface area (Å²) >= 11 is 0. The fraction of sp³-hybridized carbons (Fsp3) is 0.571. The van der Waals surface area contributed by atoms with Gasteiger partial charge in [-0.05, 0) is 48.2 Å². The maximum atomic E-state index is 14.0. The number of nitrogens with one attached hydrogen (secondary N) is 1. The zero-order valence-electron chi connectivity index (χ0n) is 19.9. The molecule has 1 aliphatic heterocycles. The van der Waals surface area contributed by atoms with E-state index >= 15 is 0 Å². The number of ketones is 1. The number of rotatable bonds is 2. The standard InChI is InChI=1S/C28H37NO4/c1-16-9-8-12-21-26(32)19(4)18(3)25-22(14-20-10-6-5-7-11-20)29-27(33)28(21,25)24(31)15-23(30)17(2)13-16/h5-8,10-12,16-18,21-23,25-26,30,32H,4,9,13-15H2,1-3H3,(H,29,33)/b12-8+/t16?,17-,18-,21+,22+,23-,25+,26-,28+/m1/s1. The van der Waals surface area contributed by atoms with Crippen molar-refractivity contribution in [3.05, 3.63) is 60.2 Å². The second-order valence-electron chi connectivity index (χ2n) is 10.7. The molecule has 1 aromatic carbocycles. The highest BCUT2D eigenvalue weighted by atomic mass is 16.3. The summed E-state index contributed by atoms with van der Waals surface area (Å²) in [6, 6.07) is 9.69. The van der Waals surface area contributed by atoms with Crippen molar-refractivity contribution in [1.29, 1.82) is 0 Å². The van der Waals surface area contributed by atoms with Gasteiger partial charge in [0.15, 0.2) is 5.78 Å². The van der Waals surface area contributed by atoms with Crippen molar-refractivity contribution in [1.82, 2.24) is 5.32 Å². The molecule has 9 atom stereocenters. The van der Waals surface area contributed by atoms with Crippen LogP contribution in [-0.2, 0) is 16.0 Å². The summed E-state index contributed by atoms with van der Waals surface area (Å²) in [6.07, 6.45) is 4.20.